The lowest BCUT2D eigenvalue weighted by molar-refractivity contribution is -0.124. The molecule has 1 aromatic heterocycles. The van der Waals surface area contributed by atoms with Crippen LogP contribution < -0.4 is 5.32 Å². The molecule has 0 radical (unpaired) electrons. The van der Waals surface area contributed by atoms with Gasteiger partial charge >= 0.3 is 5.97 Å². The number of carboxylic acids is 1. The lowest BCUT2D eigenvalue weighted by Crippen LogP contribution is -2.33. The topological polar surface area (TPSA) is 97.1 Å². The molecule has 1 amide bonds. The van der Waals surface area contributed by atoms with E-state index in [9.17, 15) is 9.59 Å². The molecule has 1 aromatic rings. The summed E-state index contributed by atoms with van der Waals surface area (Å²) < 4.78 is 1.41. The minimum Gasteiger partial charge on any atom is -0.476 e. The summed E-state index contributed by atoms with van der Waals surface area (Å²) in [5, 5.41) is 19.4. The molecule has 1 atom stereocenters. The van der Waals surface area contributed by atoms with Crippen molar-refractivity contribution in [3.8, 4) is 0 Å². The smallest absolute Gasteiger partial charge is 0.358 e. The number of amides is 1. The third-order valence-electron chi connectivity index (χ3n) is 3.06. The molecular weight excluding hydrogens is 260 g/mol. The van der Waals surface area contributed by atoms with E-state index in [0.29, 0.717) is 18.7 Å². The number of carbonyl (C=O) groups excluding carboxylic acids is 1. The van der Waals surface area contributed by atoms with Crippen LogP contribution in [-0.2, 0) is 11.2 Å². The highest BCUT2D eigenvalue weighted by atomic mass is 16.4. The lowest BCUT2D eigenvalue weighted by Gasteiger charge is -2.14. The number of carbonyl (C=O) groups is 2. The zero-order valence-corrected chi connectivity index (χ0v) is 12.2. The Labute approximate surface area is 118 Å². The number of hydrogen-bond acceptors (Lipinski definition) is 4. The predicted octanol–water partition coefficient (Wildman–Crippen LogP) is 1.41. The standard InChI is InChI=1S/C13H22N4O3/c1-4-6-8-14-12(18)9(3)17-10(7-5-2)11(13(19)20)15-16-17/h9H,4-8H2,1-3H3,(H,14,18)(H,19,20). The minimum atomic E-state index is -1.11. The molecule has 0 fully saturated rings. The Morgan fingerprint density at radius 2 is 2.05 bits per heavy atom. The van der Waals surface area contributed by atoms with Crippen molar-refractivity contribution in [1.82, 2.24) is 20.3 Å². The maximum absolute atomic E-state index is 12.0. The molecule has 1 rings (SSSR count). The largest absolute Gasteiger partial charge is 0.476 e. The first kappa shape index (κ1) is 16.1. The van der Waals surface area contributed by atoms with Gasteiger partial charge < -0.3 is 10.4 Å². The van der Waals surface area contributed by atoms with Crippen LogP contribution in [0.5, 0.6) is 0 Å². The number of aromatic carboxylic acids is 1. The van der Waals surface area contributed by atoms with Crippen LogP contribution in [-0.4, -0.2) is 38.5 Å². The van der Waals surface area contributed by atoms with Crippen LogP contribution in [0.2, 0.25) is 0 Å². The monoisotopic (exact) mass is 282 g/mol. The van der Waals surface area contributed by atoms with Crippen molar-refractivity contribution in [2.45, 2.75) is 52.5 Å². The summed E-state index contributed by atoms with van der Waals surface area (Å²) in [6, 6.07) is -0.561. The van der Waals surface area contributed by atoms with E-state index in [1.54, 1.807) is 6.92 Å². The zero-order valence-electron chi connectivity index (χ0n) is 12.2. The van der Waals surface area contributed by atoms with Crippen molar-refractivity contribution in [3.05, 3.63) is 11.4 Å². The summed E-state index contributed by atoms with van der Waals surface area (Å²) >= 11 is 0. The maximum Gasteiger partial charge on any atom is 0.358 e. The van der Waals surface area contributed by atoms with Gasteiger partial charge in [-0.25, -0.2) is 9.48 Å². The van der Waals surface area contributed by atoms with Gasteiger partial charge in [-0.05, 0) is 19.8 Å². The van der Waals surface area contributed by atoms with E-state index in [1.165, 1.54) is 4.68 Å². The highest BCUT2D eigenvalue weighted by molar-refractivity contribution is 5.87. The van der Waals surface area contributed by atoms with Gasteiger partial charge in [0.15, 0.2) is 5.69 Å². The average Bonchev–Trinajstić information content (AvgIpc) is 2.82. The molecule has 0 aliphatic carbocycles. The summed E-state index contributed by atoms with van der Waals surface area (Å²) in [6.07, 6.45) is 3.21. The van der Waals surface area contributed by atoms with Crippen molar-refractivity contribution in [1.29, 1.82) is 0 Å². The second-order valence-corrected chi connectivity index (χ2v) is 4.71. The van der Waals surface area contributed by atoms with Gasteiger partial charge in [0.1, 0.15) is 6.04 Å². The van der Waals surface area contributed by atoms with Crippen molar-refractivity contribution < 1.29 is 14.7 Å². The molecule has 7 nitrogen and oxygen atoms in total. The molecule has 112 valence electrons. The molecule has 1 heterocycles. The molecule has 1 unspecified atom stereocenters. The summed E-state index contributed by atoms with van der Waals surface area (Å²) in [5.74, 6) is -1.28. The SMILES string of the molecule is CCCCNC(=O)C(C)n1nnc(C(=O)O)c1CCC. The van der Waals surface area contributed by atoms with Gasteiger partial charge in [-0.1, -0.05) is 31.9 Å². The van der Waals surface area contributed by atoms with Crippen LogP contribution in [0.1, 0.15) is 62.3 Å². The van der Waals surface area contributed by atoms with Crippen LogP contribution in [0, 0.1) is 0 Å². The fourth-order valence-corrected chi connectivity index (χ4v) is 1.91. The molecule has 0 spiro atoms. The molecule has 0 saturated carbocycles. The van der Waals surface area contributed by atoms with Crippen LogP contribution in [0.15, 0.2) is 0 Å². The molecular formula is C13H22N4O3. The number of nitrogens with one attached hydrogen (secondary N) is 1. The highest BCUT2D eigenvalue weighted by Gasteiger charge is 2.24. The third-order valence-corrected chi connectivity index (χ3v) is 3.06. The Hall–Kier alpha value is -1.92. The van der Waals surface area contributed by atoms with Gasteiger partial charge in [-0.15, -0.1) is 5.10 Å². The molecule has 0 aromatic carbocycles. The van der Waals surface area contributed by atoms with E-state index in [4.69, 9.17) is 5.11 Å². The second-order valence-electron chi connectivity index (χ2n) is 4.71. The zero-order chi connectivity index (χ0) is 15.1. The fourth-order valence-electron chi connectivity index (χ4n) is 1.91. The number of unbranched alkanes of at least 4 members (excludes halogenated alkanes) is 1. The molecule has 0 bridgehead atoms. The quantitative estimate of drug-likeness (QED) is 0.702. The van der Waals surface area contributed by atoms with Crippen LogP contribution >= 0.6 is 0 Å². The van der Waals surface area contributed by atoms with E-state index in [-0.39, 0.29) is 11.6 Å². The number of nitrogens with zero attached hydrogens (tertiary/aromatic N) is 3. The van der Waals surface area contributed by atoms with Gasteiger partial charge in [0, 0.05) is 6.54 Å². The van der Waals surface area contributed by atoms with E-state index < -0.39 is 12.0 Å². The fraction of sp³-hybridized carbons (Fsp3) is 0.692. The second kappa shape index (κ2) is 7.62. The van der Waals surface area contributed by atoms with Crippen molar-refractivity contribution in [2.75, 3.05) is 6.54 Å². The third kappa shape index (κ3) is 3.79. The first-order chi connectivity index (χ1) is 9.52. The number of hydrogen-bond donors (Lipinski definition) is 2. The number of rotatable bonds is 8. The predicted molar refractivity (Wildman–Crippen MR) is 73.6 cm³/mol. The van der Waals surface area contributed by atoms with Crippen LogP contribution in [0.3, 0.4) is 0 Å². The lowest BCUT2D eigenvalue weighted by atomic mass is 10.2. The summed E-state index contributed by atoms with van der Waals surface area (Å²) in [7, 11) is 0. The van der Waals surface area contributed by atoms with Gasteiger partial charge in [0.2, 0.25) is 5.91 Å². The van der Waals surface area contributed by atoms with Gasteiger partial charge in [0.25, 0.3) is 0 Å². The first-order valence-corrected chi connectivity index (χ1v) is 6.97. The first-order valence-electron chi connectivity index (χ1n) is 6.97. The number of aromatic nitrogens is 3. The molecule has 0 saturated heterocycles. The molecule has 2 N–H and O–H groups in total. The molecule has 0 aliphatic heterocycles. The Morgan fingerprint density at radius 1 is 1.35 bits per heavy atom. The van der Waals surface area contributed by atoms with E-state index in [2.05, 4.69) is 15.6 Å². The maximum atomic E-state index is 12.0. The Morgan fingerprint density at radius 3 is 2.60 bits per heavy atom. The molecule has 20 heavy (non-hydrogen) atoms. The summed E-state index contributed by atoms with van der Waals surface area (Å²) in [6.45, 7) is 6.30. The van der Waals surface area contributed by atoms with Gasteiger partial charge in [0.05, 0.1) is 5.69 Å². The van der Waals surface area contributed by atoms with Crippen LogP contribution in [0.25, 0.3) is 0 Å². The summed E-state index contributed by atoms with van der Waals surface area (Å²) in [5.41, 5.74) is 0.429. The minimum absolute atomic E-state index is 0.0694. The normalized spacial score (nSPS) is 12.2. The Balaban J connectivity index is 2.88. The molecule has 0 aliphatic rings. The Bertz CT molecular complexity index is 470. The van der Waals surface area contributed by atoms with Crippen molar-refractivity contribution in [3.63, 3.8) is 0 Å². The summed E-state index contributed by atoms with van der Waals surface area (Å²) in [4.78, 5) is 23.1. The van der Waals surface area contributed by atoms with Gasteiger partial charge in [-0.3, -0.25) is 4.79 Å². The van der Waals surface area contributed by atoms with E-state index in [0.717, 1.165) is 19.3 Å². The highest BCUT2D eigenvalue weighted by Crippen LogP contribution is 2.14. The van der Waals surface area contributed by atoms with Gasteiger partial charge in [-0.2, -0.15) is 0 Å². The number of carboxylic acid groups (broad SMARTS) is 1. The van der Waals surface area contributed by atoms with Crippen molar-refractivity contribution >= 4 is 11.9 Å². The van der Waals surface area contributed by atoms with E-state index in [1.807, 2.05) is 13.8 Å². The van der Waals surface area contributed by atoms with E-state index >= 15 is 0 Å². The Kier molecular flexibility index (Phi) is 6.14. The van der Waals surface area contributed by atoms with Crippen molar-refractivity contribution in [2.24, 2.45) is 0 Å². The molecule has 7 heteroatoms. The average molecular weight is 282 g/mol. The van der Waals surface area contributed by atoms with Crippen LogP contribution in [0.4, 0.5) is 0 Å².